The monoisotopic (exact) mass is 637 g/mol. The van der Waals surface area contributed by atoms with Gasteiger partial charge in [-0.15, -0.1) is 0 Å². The minimum Gasteiger partial charge on any atom is -0.440 e. The molecule has 0 bridgehead atoms. The Morgan fingerprint density at radius 1 is 1.00 bits per heavy atom. The predicted molar refractivity (Wildman–Crippen MR) is 145 cm³/mol. The molecule has 0 saturated heterocycles. The molecule has 0 unspecified atom stereocenters. The smallest absolute Gasteiger partial charge is 0.435 e. The second-order valence-corrected chi connectivity index (χ2v) is 11.5. The van der Waals surface area contributed by atoms with Gasteiger partial charge in [0.1, 0.15) is 17.3 Å². The van der Waals surface area contributed by atoms with Gasteiger partial charge in [-0.3, -0.25) is 0 Å². The molecule has 0 radical (unpaired) electrons. The van der Waals surface area contributed by atoms with Crippen LogP contribution in [0.5, 0.6) is 5.75 Å². The first-order valence-corrected chi connectivity index (χ1v) is 14.5. The Bertz CT molecular complexity index is 1950. The number of rotatable bonds is 8. The maximum Gasteiger partial charge on any atom is 0.435 e. The Balaban J connectivity index is 1.74. The van der Waals surface area contributed by atoms with Crippen molar-refractivity contribution in [2.45, 2.75) is 31.2 Å². The molecule has 0 spiro atoms. The number of aryl methyl sites for hydroxylation is 1. The van der Waals surface area contributed by atoms with Crippen LogP contribution in [0.2, 0.25) is 0 Å². The summed E-state index contributed by atoms with van der Waals surface area (Å²) in [6.07, 6.45) is -2.80. The summed E-state index contributed by atoms with van der Waals surface area (Å²) in [6.45, 7) is -2.41. The highest BCUT2D eigenvalue weighted by Gasteiger charge is 2.34. The fraction of sp³-hybridized carbons (Fsp3) is 0.172. The first kappa shape index (κ1) is 30.8. The lowest BCUT2D eigenvalue weighted by Gasteiger charge is -2.14. The lowest BCUT2D eigenvalue weighted by Crippen LogP contribution is -2.08. The van der Waals surface area contributed by atoms with Gasteiger partial charge in [0.2, 0.25) is 0 Å². The lowest BCUT2D eigenvalue weighted by atomic mass is 9.97. The fourth-order valence-electron chi connectivity index (χ4n) is 4.57. The maximum absolute atomic E-state index is 15.0. The number of ether oxygens (including phenoxy) is 1. The van der Waals surface area contributed by atoms with E-state index in [2.05, 4.69) is 14.8 Å². The Kier molecular flexibility index (Phi) is 8.03. The highest BCUT2D eigenvalue weighted by atomic mass is 32.2. The maximum atomic E-state index is 15.0. The predicted octanol–water partition coefficient (Wildman–Crippen LogP) is 6.82. The zero-order chi connectivity index (χ0) is 32.0. The molecule has 0 fully saturated rings. The number of sulfone groups is 1. The number of nitrogens with zero attached hydrogens (tertiary/aromatic N) is 3. The zero-order valence-electron chi connectivity index (χ0n) is 22.7. The summed E-state index contributed by atoms with van der Waals surface area (Å²) in [4.78, 5) is 3.94. The zero-order valence-corrected chi connectivity index (χ0v) is 23.5. The molecular weight excluding hydrogens is 616 g/mol. The van der Waals surface area contributed by atoms with Crippen LogP contribution < -0.4 is 4.74 Å². The van der Waals surface area contributed by atoms with E-state index in [1.165, 1.54) is 55.5 Å². The molecule has 3 aromatic carbocycles. The summed E-state index contributed by atoms with van der Waals surface area (Å²) in [5.41, 5.74) is -0.482. The molecule has 0 aliphatic carbocycles. The third kappa shape index (κ3) is 6.19. The van der Waals surface area contributed by atoms with Gasteiger partial charge in [-0.05, 0) is 65.7 Å². The third-order valence-corrected chi connectivity index (χ3v) is 7.66. The van der Waals surface area contributed by atoms with Crippen LogP contribution in [-0.4, -0.2) is 41.2 Å². The largest absolute Gasteiger partial charge is 0.440 e. The van der Waals surface area contributed by atoms with Gasteiger partial charge in [-0.2, -0.15) is 27.1 Å². The molecule has 0 amide bonds. The van der Waals surface area contributed by atoms with E-state index in [0.29, 0.717) is 5.56 Å². The van der Waals surface area contributed by atoms with Gasteiger partial charge < -0.3 is 14.3 Å². The average Bonchev–Trinajstić information content (AvgIpc) is 3.59. The minimum absolute atomic E-state index is 0.0433. The summed E-state index contributed by atoms with van der Waals surface area (Å²) in [7, 11) is -3.98. The molecule has 2 heterocycles. The van der Waals surface area contributed by atoms with Crippen molar-refractivity contribution in [1.82, 2.24) is 14.8 Å². The molecule has 0 atom stereocenters. The van der Waals surface area contributed by atoms with E-state index in [1.54, 1.807) is 0 Å². The Morgan fingerprint density at radius 2 is 1.68 bits per heavy atom. The van der Waals surface area contributed by atoms with Gasteiger partial charge in [-0.25, -0.2) is 22.5 Å². The van der Waals surface area contributed by atoms with E-state index in [9.17, 15) is 39.9 Å². The number of hydrogen-bond acceptors (Lipinski definition) is 7. The van der Waals surface area contributed by atoms with Crippen molar-refractivity contribution in [1.29, 1.82) is 0 Å². The standard InChI is InChI=1S/C29H21F6N3O5S/c1-15-36-26(16-3-6-19(7-4-16)43-28(31)32)27(42-15)20-11-17(5-8-23(20)38-10-9-25(37-38)29(33,34)35)18-12-22(30)21(14-39)24(13-18)44(2,40)41/h3-13,28,39H,14H2,1-2H3. The molecule has 1 N–H and O–H groups in total. The van der Waals surface area contributed by atoms with E-state index < -0.39 is 51.2 Å². The molecule has 8 nitrogen and oxygen atoms in total. The summed E-state index contributed by atoms with van der Waals surface area (Å²) >= 11 is 0. The van der Waals surface area contributed by atoms with Crippen LogP contribution in [-0.2, 0) is 22.6 Å². The fourth-order valence-corrected chi connectivity index (χ4v) is 5.52. The molecule has 230 valence electrons. The normalized spacial score (nSPS) is 12.2. The quantitative estimate of drug-likeness (QED) is 0.186. The molecule has 15 heteroatoms. The Labute approximate surface area is 246 Å². The van der Waals surface area contributed by atoms with Crippen LogP contribution in [0.25, 0.3) is 39.4 Å². The molecule has 0 aliphatic heterocycles. The number of oxazole rings is 1. The number of hydrogen-bond donors (Lipinski definition) is 1. The number of aromatic nitrogens is 3. The average molecular weight is 638 g/mol. The Hall–Kier alpha value is -4.63. The molecule has 5 rings (SSSR count). The summed E-state index contributed by atoms with van der Waals surface area (Å²) in [6, 6.07) is 12.6. The van der Waals surface area contributed by atoms with Crippen LogP contribution in [0.15, 0.2) is 76.2 Å². The number of aliphatic hydroxyl groups excluding tert-OH is 1. The number of halogens is 6. The number of aliphatic hydroxyl groups is 1. The van der Waals surface area contributed by atoms with Crippen molar-refractivity contribution >= 4 is 9.84 Å². The van der Waals surface area contributed by atoms with Gasteiger partial charge >= 0.3 is 12.8 Å². The van der Waals surface area contributed by atoms with Crippen LogP contribution in [0.3, 0.4) is 0 Å². The third-order valence-electron chi connectivity index (χ3n) is 6.50. The van der Waals surface area contributed by atoms with Crippen molar-refractivity contribution in [2.75, 3.05) is 6.26 Å². The molecule has 5 aromatic rings. The van der Waals surface area contributed by atoms with E-state index in [0.717, 1.165) is 29.3 Å². The van der Waals surface area contributed by atoms with E-state index in [1.807, 2.05) is 0 Å². The van der Waals surface area contributed by atoms with Crippen LogP contribution >= 0.6 is 0 Å². The molecule has 2 aromatic heterocycles. The van der Waals surface area contributed by atoms with Crippen LogP contribution in [0.1, 0.15) is 17.1 Å². The highest BCUT2D eigenvalue weighted by molar-refractivity contribution is 7.90. The molecular formula is C29H21F6N3O5S. The van der Waals surface area contributed by atoms with Crippen molar-refractivity contribution in [3.05, 3.63) is 89.8 Å². The van der Waals surface area contributed by atoms with Gasteiger partial charge in [0.25, 0.3) is 0 Å². The van der Waals surface area contributed by atoms with Gasteiger partial charge in [-0.1, -0.05) is 6.07 Å². The lowest BCUT2D eigenvalue weighted by molar-refractivity contribution is -0.141. The van der Waals surface area contributed by atoms with Crippen molar-refractivity contribution < 1.29 is 49.0 Å². The van der Waals surface area contributed by atoms with E-state index in [-0.39, 0.29) is 45.5 Å². The van der Waals surface area contributed by atoms with Crippen molar-refractivity contribution in [3.63, 3.8) is 0 Å². The van der Waals surface area contributed by atoms with Crippen molar-refractivity contribution in [3.8, 4) is 45.1 Å². The highest BCUT2D eigenvalue weighted by Crippen LogP contribution is 2.40. The molecule has 44 heavy (non-hydrogen) atoms. The SMILES string of the molecule is Cc1nc(-c2ccc(OC(F)F)cc2)c(-c2cc(-c3cc(F)c(CO)c(S(C)(=O)=O)c3)ccc2-n2ccc(C(F)(F)F)n2)o1. The summed E-state index contributed by atoms with van der Waals surface area (Å²) < 4.78 is 116. The van der Waals surface area contributed by atoms with E-state index in [4.69, 9.17) is 4.42 Å². The summed E-state index contributed by atoms with van der Waals surface area (Å²) in [5.74, 6) is -0.921. The molecule has 0 saturated carbocycles. The second kappa shape index (κ2) is 11.5. The van der Waals surface area contributed by atoms with Gasteiger partial charge in [0, 0.05) is 36.1 Å². The first-order chi connectivity index (χ1) is 20.7. The number of alkyl halides is 5. The van der Waals surface area contributed by atoms with E-state index >= 15 is 0 Å². The first-order valence-electron chi connectivity index (χ1n) is 12.6. The molecule has 0 aliphatic rings. The number of benzene rings is 3. The summed E-state index contributed by atoms with van der Waals surface area (Å²) in [5, 5.41) is 13.2. The van der Waals surface area contributed by atoms with Gasteiger partial charge in [0.15, 0.2) is 27.2 Å². The van der Waals surface area contributed by atoms with Crippen LogP contribution in [0, 0.1) is 12.7 Å². The Morgan fingerprint density at radius 3 is 2.27 bits per heavy atom. The van der Waals surface area contributed by atoms with Crippen molar-refractivity contribution in [2.24, 2.45) is 0 Å². The van der Waals surface area contributed by atoms with Crippen LogP contribution in [0.4, 0.5) is 26.3 Å². The topological polar surface area (TPSA) is 107 Å². The minimum atomic E-state index is -4.74. The second-order valence-electron chi connectivity index (χ2n) is 9.55. The van der Waals surface area contributed by atoms with Gasteiger partial charge in [0.05, 0.1) is 17.2 Å².